The molecular formula is C13H17ClFNO. The molecule has 0 radical (unpaired) electrons. The standard InChI is InChI=1S/C13H17ClFNO/c14-11-6-10(7-12(15)8-11)9-16-4-3-13-2-1-5-17-13/h6-8,13,16H,1-5,9H2. The summed E-state index contributed by atoms with van der Waals surface area (Å²) in [6, 6.07) is 4.60. The van der Waals surface area contributed by atoms with E-state index in [0.29, 0.717) is 17.7 Å². The van der Waals surface area contributed by atoms with E-state index in [4.69, 9.17) is 16.3 Å². The first-order chi connectivity index (χ1) is 8.24. The zero-order chi connectivity index (χ0) is 12.1. The van der Waals surface area contributed by atoms with Crippen molar-refractivity contribution in [1.29, 1.82) is 0 Å². The van der Waals surface area contributed by atoms with Crippen LogP contribution in [0.1, 0.15) is 24.8 Å². The Kier molecular flexibility index (Phi) is 4.77. The Hall–Kier alpha value is -0.640. The molecule has 94 valence electrons. The summed E-state index contributed by atoms with van der Waals surface area (Å²) < 4.78 is 18.6. The molecular weight excluding hydrogens is 241 g/mol. The Balaban J connectivity index is 1.70. The van der Waals surface area contributed by atoms with Gasteiger partial charge in [0.25, 0.3) is 0 Å². The van der Waals surface area contributed by atoms with Crippen molar-refractivity contribution >= 4 is 11.6 Å². The van der Waals surface area contributed by atoms with E-state index in [-0.39, 0.29) is 5.82 Å². The molecule has 1 atom stereocenters. The van der Waals surface area contributed by atoms with E-state index in [9.17, 15) is 4.39 Å². The van der Waals surface area contributed by atoms with Gasteiger partial charge >= 0.3 is 0 Å². The Morgan fingerprint density at radius 3 is 3.00 bits per heavy atom. The molecule has 1 N–H and O–H groups in total. The summed E-state index contributed by atoms with van der Waals surface area (Å²) in [5, 5.41) is 3.72. The summed E-state index contributed by atoms with van der Waals surface area (Å²) in [4.78, 5) is 0. The van der Waals surface area contributed by atoms with Gasteiger partial charge in [0.05, 0.1) is 6.10 Å². The summed E-state index contributed by atoms with van der Waals surface area (Å²) in [5.41, 5.74) is 0.877. The zero-order valence-electron chi connectivity index (χ0n) is 9.72. The number of nitrogens with one attached hydrogen (secondary N) is 1. The maximum absolute atomic E-state index is 13.1. The number of halogens is 2. The Morgan fingerprint density at radius 2 is 2.29 bits per heavy atom. The van der Waals surface area contributed by atoms with Crippen molar-refractivity contribution < 1.29 is 9.13 Å². The highest BCUT2D eigenvalue weighted by molar-refractivity contribution is 6.30. The summed E-state index contributed by atoms with van der Waals surface area (Å²) in [7, 11) is 0. The van der Waals surface area contributed by atoms with Crippen molar-refractivity contribution in [1.82, 2.24) is 5.32 Å². The summed E-state index contributed by atoms with van der Waals surface area (Å²) in [5.74, 6) is -0.284. The van der Waals surface area contributed by atoms with Gasteiger partial charge in [-0.05, 0) is 49.6 Å². The van der Waals surface area contributed by atoms with Crippen molar-refractivity contribution in [3.63, 3.8) is 0 Å². The molecule has 2 rings (SSSR count). The largest absolute Gasteiger partial charge is 0.378 e. The third-order valence-corrected chi connectivity index (χ3v) is 3.14. The maximum Gasteiger partial charge on any atom is 0.125 e. The average Bonchev–Trinajstić information content (AvgIpc) is 2.76. The molecule has 17 heavy (non-hydrogen) atoms. The lowest BCUT2D eigenvalue weighted by Crippen LogP contribution is -2.19. The molecule has 0 aliphatic carbocycles. The first-order valence-corrected chi connectivity index (χ1v) is 6.39. The van der Waals surface area contributed by atoms with E-state index >= 15 is 0 Å². The maximum atomic E-state index is 13.1. The van der Waals surface area contributed by atoms with Crippen molar-refractivity contribution in [2.75, 3.05) is 13.2 Å². The van der Waals surface area contributed by atoms with Crippen LogP contribution in [-0.2, 0) is 11.3 Å². The average molecular weight is 258 g/mol. The van der Waals surface area contributed by atoms with Gasteiger partial charge in [-0.1, -0.05) is 11.6 Å². The molecule has 0 saturated carbocycles. The lowest BCUT2D eigenvalue weighted by molar-refractivity contribution is 0.104. The van der Waals surface area contributed by atoms with E-state index in [1.807, 2.05) is 0 Å². The van der Waals surface area contributed by atoms with Crippen LogP contribution >= 0.6 is 11.6 Å². The lowest BCUT2D eigenvalue weighted by Gasteiger charge is -2.10. The molecule has 1 aliphatic heterocycles. The van der Waals surface area contributed by atoms with E-state index < -0.39 is 0 Å². The van der Waals surface area contributed by atoms with Crippen LogP contribution in [-0.4, -0.2) is 19.3 Å². The predicted molar refractivity (Wildman–Crippen MR) is 66.7 cm³/mol. The van der Waals surface area contributed by atoms with Crippen molar-refractivity contribution in [3.8, 4) is 0 Å². The second-order valence-corrected chi connectivity index (χ2v) is 4.81. The summed E-state index contributed by atoms with van der Waals surface area (Å²) in [6.45, 7) is 2.42. The normalized spacial score (nSPS) is 19.8. The van der Waals surface area contributed by atoms with E-state index in [0.717, 1.165) is 31.6 Å². The fraction of sp³-hybridized carbons (Fsp3) is 0.538. The molecule has 1 heterocycles. The highest BCUT2D eigenvalue weighted by atomic mass is 35.5. The van der Waals surface area contributed by atoms with Crippen LogP contribution in [0.5, 0.6) is 0 Å². The van der Waals surface area contributed by atoms with Gasteiger partial charge in [-0.2, -0.15) is 0 Å². The third-order valence-electron chi connectivity index (χ3n) is 2.92. The summed E-state index contributed by atoms with van der Waals surface area (Å²) in [6.07, 6.45) is 3.75. The van der Waals surface area contributed by atoms with Gasteiger partial charge in [-0.25, -0.2) is 4.39 Å². The molecule has 2 nitrogen and oxygen atoms in total. The van der Waals surface area contributed by atoms with Crippen LogP contribution in [0.25, 0.3) is 0 Å². The quantitative estimate of drug-likeness (QED) is 0.819. The minimum absolute atomic E-state index is 0.284. The molecule has 0 bridgehead atoms. The lowest BCUT2D eigenvalue weighted by atomic mass is 10.2. The van der Waals surface area contributed by atoms with Gasteiger partial charge in [0.2, 0.25) is 0 Å². The first-order valence-electron chi connectivity index (χ1n) is 6.01. The molecule has 1 aromatic rings. The van der Waals surface area contributed by atoms with E-state index in [2.05, 4.69) is 5.32 Å². The SMILES string of the molecule is Fc1cc(Cl)cc(CNCCC2CCCO2)c1. The Labute approximate surface area is 106 Å². The highest BCUT2D eigenvalue weighted by Crippen LogP contribution is 2.15. The molecule has 0 amide bonds. The highest BCUT2D eigenvalue weighted by Gasteiger charge is 2.14. The molecule has 1 fully saturated rings. The van der Waals surface area contributed by atoms with Crippen LogP contribution in [0.15, 0.2) is 18.2 Å². The molecule has 0 aromatic heterocycles. The van der Waals surface area contributed by atoms with Crippen LogP contribution in [0.4, 0.5) is 4.39 Å². The van der Waals surface area contributed by atoms with Crippen LogP contribution < -0.4 is 5.32 Å². The minimum Gasteiger partial charge on any atom is -0.378 e. The van der Waals surface area contributed by atoms with Crippen molar-refractivity contribution in [2.45, 2.75) is 31.9 Å². The molecule has 1 aromatic carbocycles. The number of hydrogen-bond donors (Lipinski definition) is 1. The van der Waals surface area contributed by atoms with E-state index in [1.165, 1.54) is 18.6 Å². The van der Waals surface area contributed by atoms with Crippen LogP contribution in [0, 0.1) is 5.82 Å². The second-order valence-electron chi connectivity index (χ2n) is 4.38. The fourth-order valence-corrected chi connectivity index (χ4v) is 2.33. The molecule has 4 heteroatoms. The van der Waals surface area contributed by atoms with Gasteiger partial charge < -0.3 is 10.1 Å². The van der Waals surface area contributed by atoms with Crippen LogP contribution in [0.3, 0.4) is 0 Å². The smallest absolute Gasteiger partial charge is 0.125 e. The van der Waals surface area contributed by atoms with Gasteiger partial charge in [-0.3, -0.25) is 0 Å². The molecule has 1 unspecified atom stereocenters. The fourth-order valence-electron chi connectivity index (χ4n) is 2.08. The Bertz CT molecular complexity index is 346. The monoisotopic (exact) mass is 257 g/mol. The van der Waals surface area contributed by atoms with Gasteiger partial charge in [-0.15, -0.1) is 0 Å². The topological polar surface area (TPSA) is 21.3 Å². The minimum atomic E-state index is -0.284. The molecule has 0 spiro atoms. The molecule has 1 saturated heterocycles. The van der Waals surface area contributed by atoms with Crippen molar-refractivity contribution in [2.24, 2.45) is 0 Å². The number of rotatable bonds is 5. The van der Waals surface area contributed by atoms with Crippen molar-refractivity contribution in [3.05, 3.63) is 34.6 Å². The number of ether oxygens (including phenoxy) is 1. The number of hydrogen-bond acceptors (Lipinski definition) is 2. The third kappa shape index (κ3) is 4.26. The predicted octanol–water partition coefficient (Wildman–Crippen LogP) is 3.14. The summed E-state index contributed by atoms with van der Waals surface area (Å²) >= 11 is 5.78. The Morgan fingerprint density at radius 1 is 1.41 bits per heavy atom. The first kappa shape index (κ1) is 12.8. The number of benzene rings is 1. The van der Waals surface area contributed by atoms with Crippen LogP contribution in [0.2, 0.25) is 5.02 Å². The van der Waals surface area contributed by atoms with Gasteiger partial charge in [0.1, 0.15) is 5.82 Å². The van der Waals surface area contributed by atoms with E-state index in [1.54, 1.807) is 6.07 Å². The van der Waals surface area contributed by atoms with Gasteiger partial charge in [0.15, 0.2) is 0 Å². The zero-order valence-corrected chi connectivity index (χ0v) is 10.5. The molecule has 1 aliphatic rings. The second kappa shape index (κ2) is 6.34. The van der Waals surface area contributed by atoms with Gasteiger partial charge in [0, 0.05) is 18.2 Å².